The summed E-state index contributed by atoms with van der Waals surface area (Å²) in [7, 11) is -9.89. The van der Waals surface area contributed by atoms with Gasteiger partial charge in [0.1, 0.15) is 19.3 Å². The molecule has 87 heavy (non-hydrogen) atoms. The third kappa shape index (κ3) is 61.3. The summed E-state index contributed by atoms with van der Waals surface area (Å²) in [5.41, 5.74) is 0. The van der Waals surface area contributed by atoms with E-state index in [0.29, 0.717) is 25.7 Å². The number of carbonyl (C=O) groups excluding carboxylic acids is 4. The van der Waals surface area contributed by atoms with Crippen LogP contribution in [0.2, 0.25) is 0 Å². The van der Waals surface area contributed by atoms with E-state index in [1.54, 1.807) is 0 Å². The van der Waals surface area contributed by atoms with Gasteiger partial charge in [-0.3, -0.25) is 37.3 Å². The molecule has 516 valence electrons. The lowest BCUT2D eigenvalue weighted by Crippen LogP contribution is -2.30. The van der Waals surface area contributed by atoms with Crippen LogP contribution in [0.15, 0.2) is 0 Å². The summed E-state index contributed by atoms with van der Waals surface area (Å²) in [4.78, 5) is 72.4. The number of hydrogen-bond acceptors (Lipinski definition) is 15. The Labute approximate surface area is 530 Å². The molecule has 0 aromatic carbocycles. The molecular weight excluding hydrogens is 1150 g/mol. The summed E-state index contributed by atoms with van der Waals surface area (Å²) in [6.45, 7) is 7.17. The van der Waals surface area contributed by atoms with Crippen LogP contribution >= 0.6 is 15.6 Å². The summed E-state index contributed by atoms with van der Waals surface area (Å²) in [6, 6.07) is 0. The maximum atomic E-state index is 13.0. The molecule has 0 aliphatic heterocycles. The molecule has 17 nitrogen and oxygen atoms in total. The molecule has 0 spiro atoms. The minimum Gasteiger partial charge on any atom is -0.462 e. The fourth-order valence-corrected chi connectivity index (χ4v) is 11.8. The Morgan fingerprint density at radius 3 is 0.816 bits per heavy atom. The highest BCUT2D eigenvalue weighted by Crippen LogP contribution is 2.45. The van der Waals surface area contributed by atoms with Gasteiger partial charge in [-0.05, 0) is 31.6 Å². The van der Waals surface area contributed by atoms with Crippen molar-refractivity contribution in [2.24, 2.45) is 5.92 Å². The van der Waals surface area contributed by atoms with Crippen molar-refractivity contribution in [1.29, 1.82) is 0 Å². The van der Waals surface area contributed by atoms with Crippen LogP contribution in [0.3, 0.4) is 0 Å². The average molecular weight is 1280 g/mol. The number of rotatable bonds is 68. The Hall–Kier alpha value is -1.94. The number of ether oxygens (including phenoxy) is 4. The van der Waals surface area contributed by atoms with Gasteiger partial charge < -0.3 is 33.8 Å². The maximum absolute atomic E-state index is 13.0. The maximum Gasteiger partial charge on any atom is 0.472 e. The number of esters is 4. The minimum absolute atomic E-state index is 0.103. The van der Waals surface area contributed by atoms with Crippen molar-refractivity contribution in [2.45, 2.75) is 368 Å². The lowest BCUT2D eigenvalue weighted by molar-refractivity contribution is -0.161. The van der Waals surface area contributed by atoms with Crippen molar-refractivity contribution in [3.8, 4) is 0 Å². The quantitative estimate of drug-likeness (QED) is 0.0222. The summed E-state index contributed by atoms with van der Waals surface area (Å²) in [6.07, 6.45) is 47.1. The van der Waals surface area contributed by atoms with E-state index in [2.05, 4.69) is 34.6 Å². The lowest BCUT2D eigenvalue weighted by atomic mass is 10.00. The van der Waals surface area contributed by atoms with Gasteiger partial charge in [-0.1, -0.05) is 298 Å². The first-order valence-corrected chi connectivity index (χ1v) is 38.7. The molecule has 0 radical (unpaired) electrons. The van der Waals surface area contributed by atoms with Gasteiger partial charge in [-0.15, -0.1) is 0 Å². The van der Waals surface area contributed by atoms with Gasteiger partial charge in [0.25, 0.3) is 0 Å². The molecular formula is C68H132O17P2. The zero-order valence-electron chi connectivity index (χ0n) is 56.2. The van der Waals surface area contributed by atoms with E-state index in [1.807, 2.05) is 0 Å². The molecule has 0 amide bonds. The number of phosphoric acid groups is 2. The summed E-state index contributed by atoms with van der Waals surface area (Å²) in [5, 5.41) is 10.6. The topological polar surface area (TPSA) is 237 Å². The van der Waals surface area contributed by atoms with Crippen LogP contribution in [0.1, 0.15) is 349 Å². The fourth-order valence-electron chi connectivity index (χ4n) is 10.3. The van der Waals surface area contributed by atoms with Crippen LogP contribution in [-0.2, 0) is 65.4 Å². The second kappa shape index (κ2) is 61.6. The molecule has 0 rings (SSSR count). The number of phosphoric ester groups is 2. The zero-order valence-corrected chi connectivity index (χ0v) is 57.9. The van der Waals surface area contributed by atoms with Crippen molar-refractivity contribution in [2.75, 3.05) is 39.6 Å². The Kier molecular flexibility index (Phi) is 60.2. The normalized spacial score (nSPS) is 14.4. The molecule has 0 bridgehead atoms. The van der Waals surface area contributed by atoms with Gasteiger partial charge in [0.2, 0.25) is 0 Å². The lowest BCUT2D eigenvalue weighted by Gasteiger charge is -2.21. The SMILES string of the molecule is CCCCCCCCCCCCCCCCC(=O)OC[C@H](COP(=O)(O)OC[C@@H](O)COP(=O)(O)OC[C@@H](COC(=O)CCCCCCCCCCC)OC(=O)CCCCCCCCC(C)CC)OC(=O)CCCCCCCCCCCCCCCC. The second-order valence-electron chi connectivity index (χ2n) is 24.8. The monoisotopic (exact) mass is 1280 g/mol. The van der Waals surface area contributed by atoms with Gasteiger partial charge in [-0.2, -0.15) is 0 Å². The van der Waals surface area contributed by atoms with Crippen molar-refractivity contribution in [3.63, 3.8) is 0 Å². The van der Waals surface area contributed by atoms with Crippen molar-refractivity contribution < 1.29 is 80.2 Å². The molecule has 19 heteroatoms. The van der Waals surface area contributed by atoms with Gasteiger partial charge in [-0.25, -0.2) is 9.13 Å². The Morgan fingerprint density at radius 2 is 0.552 bits per heavy atom. The largest absolute Gasteiger partial charge is 0.472 e. The number of aliphatic hydroxyl groups is 1. The number of aliphatic hydroxyl groups excluding tert-OH is 1. The summed E-state index contributed by atoms with van der Waals surface area (Å²) in [5.74, 6) is -1.41. The first kappa shape index (κ1) is 85.1. The van der Waals surface area contributed by atoms with E-state index in [-0.39, 0.29) is 25.7 Å². The molecule has 0 aromatic rings. The molecule has 0 aliphatic rings. The Morgan fingerprint density at radius 1 is 0.322 bits per heavy atom. The molecule has 3 unspecified atom stereocenters. The molecule has 0 heterocycles. The van der Waals surface area contributed by atoms with Crippen molar-refractivity contribution in [3.05, 3.63) is 0 Å². The first-order valence-electron chi connectivity index (χ1n) is 35.7. The molecule has 3 N–H and O–H groups in total. The standard InChI is InChI=1S/C68H132O17P2/c1-6-10-13-16-19-22-24-26-28-30-33-36-42-47-52-66(71)79-57-63(84-67(72)53-48-43-37-34-31-29-27-25-23-20-17-14-11-7-2)59-82-86(74,75)80-55-62(69)56-81-87(76,77)83-60-64(58-78-65(70)51-46-41-35-32-21-18-15-12-8-3)85-68(73)54-49-44-39-38-40-45-50-61(5)9-4/h61-64,69H,6-60H2,1-5H3,(H,74,75)(H,76,77)/t61?,62-,63-,64-/m1/s1. The number of unbranched alkanes of at least 4 members (excludes halogenated alkanes) is 39. The van der Waals surface area contributed by atoms with Crippen molar-refractivity contribution in [1.82, 2.24) is 0 Å². The van der Waals surface area contributed by atoms with Crippen LogP contribution in [0.5, 0.6) is 0 Å². The number of hydrogen-bond donors (Lipinski definition) is 3. The predicted molar refractivity (Wildman–Crippen MR) is 349 cm³/mol. The zero-order chi connectivity index (χ0) is 64.2. The fraction of sp³-hybridized carbons (Fsp3) is 0.941. The molecule has 0 aromatic heterocycles. The Bertz CT molecular complexity index is 1690. The smallest absolute Gasteiger partial charge is 0.462 e. The van der Waals surface area contributed by atoms with Crippen LogP contribution in [0.4, 0.5) is 0 Å². The average Bonchev–Trinajstić information content (AvgIpc) is 3.59. The van der Waals surface area contributed by atoms with Gasteiger partial charge in [0, 0.05) is 25.7 Å². The Balaban J connectivity index is 5.23. The predicted octanol–water partition coefficient (Wildman–Crippen LogP) is 19.4. The molecule has 0 fully saturated rings. The summed E-state index contributed by atoms with van der Waals surface area (Å²) >= 11 is 0. The first-order chi connectivity index (χ1) is 42.1. The highest BCUT2D eigenvalue weighted by molar-refractivity contribution is 7.47. The van der Waals surface area contributed by atoms with Crippen LogP contribution in [0, 0.1) is 5.92 Å². The van der Waals surface area contributed by atoms with Crippen molar-refractivity contribution >= 4 is 39.5 Å². The van der Waals surface area contributed by atoms with Crippen LogP contribution in [-0.4, -0.2) is 96.7 Å². The van der Waals surface area contributed by atoms with E-state index in [0.717, 1.165) is 95.8 Å². The van der Waals surface area contributed by atoms with E-state index < -0.39 is 97.5 Å². The van der Waals surface area contributed by atoms with Gasteiger partial charge >= 0.3 is 39.5 Å². The molecule has 0 saturated carbocycles. The molecule has 6 atom stereocenters. The van der Waals surface area contributed by atoms with E-state index in [4.69, 9.17) is 37.0 Å². The third-order valence-electron chi connectivity index (χ3n) is 16.1. The van der Waals surface area contributed by atoms with E-state index in [1.165, 1.54) is 173 Å². The number of carbonyl (C=O) groups is 4. The second-order valence-corrected chi connectivity index (χ2v) is 27.7. The van der Waals surface area contributed by atoms with Crippen LogP contribution in [0.25, 0.3) is 0 Å². The summed E-state index contributed by atoms with van der Waals surface area (Å²) < 4.78 is 68.2. The van der Waals surface area contributed by atoms with E-state index >= 15 is 0 Å². The molecule has 0 aliphatic carbocycles. The van der Waals surface area contributed by atoms with Gasteiger partial charge in [0.15, 0.2) is 12.2 Å². The highest BCUT2D eigenvalue weighted by Gasteiger charge is 2.30. The van der Waals surface area contributed by atoms with Crippen LogP contribution < -0.4 is 0 Å². The highest BCUT2D eigenvalue weighted by atomic mass is 31.2. The van der Waals surface area contributed by atoms with Gasteiger partial charge in [0.05, 0.1) is 26.4 Å². The minimum atomic E-state index is -4.95. The third-order valence-corrected chi connectivity index (χ3v) is 18.0. The van der Waals surface area contributed by atoms with E-state index in [9.17, 15) is 43.2 Å². The molecule has 0 saturated heterocycles.